The van der Waals surface area contributed by atoms with Crippen LogP contribution in [0.3, 0.4) is 0 Å². The maximum atomic E-state index is 11.5. The van der Waals surface area contributed by atoms with E-state index < -0.39 is 0 Å². The Hall–Kier alpha value is -1.35. The molecule has 0 amide bonds. The summed E-state index contributed by atoms with van der Waals surface area (Å²) in [7, 11) is 1.39. The highest BCUT2D eigenvalue weighted by molar-refractivity contribution is 5.75. The van der Waals surface area contributed by atoms with Gasteiger partial charge in [-0.3, -0.25) is 9.69 Å². The third-order valence-corrected chi connectivity index (χ3v) is 2.03. The summed E-state index contributed by atoms with van der Waals surface area (Å²) in [6.45, 7) is 12.2. The van der Waals surface area contributed by atoms with Crippen molar-refractivity contribution in [2.45, 2.75) is 12.5 Å². The predicted octanol–water partition coefficient (Wildman–Crippen LogP) is 1.78. The first-order chi connectivity index (χ1) is 7.21. The Morgan fingerprint density at radius 2 is 1.80 bits per heavy atom. The zero-order chi connectivity index (χ0) is 11.7. The quantitative estimate of drug-likeness (QED) is 0.451. The van der Waals surface area contributed by atoms with E-state index in [1.807, 2.05) is 4.90 Å². The summed E-state index contributed by atoms with van der Waals surface area (Å²) in [6, 6.07) is -0.302. The minimum Gasteiger partial charge on any atom is -0.468 e. The van der Waals surface area contributed by atoms with Crippen molar-refractivity contribution in [2.24, 2.45) is 0 Å². The van der Waals surface area contributed by atoms with Crippen LogP contribution in [0.25, 0.3) is 0 Å². The molecule has 0 aromatic heterocycles. The van der Waals surface area contributed by atoms with Gasteiger partial charge in [0.2, 0.25) is 0 Å². The monoisotopic (exact) mass is 209 g/mol. The molecule has 0 heterocycles. The molecule has 3 heteroatoms. The minimum atomic E-state index is -0.302. The predicted molar refractivity (Wildman–Crippen MR) is 62.6 cm³/mol. The summed E-state index contributed by atoms with van der Waals surface area (Å²) in [5, 5.41) is 0. The number of carbonyl (C=O) groups excluding carboxylic acids is 1. The summed E-state index contributed by atoms with van der Waals surface area (Å²) < 4.78 is 4.74. The first-order valence-corrected chi connectivity index (χ1v) is 4.85. The molecule has 84 valence electrons. The van der Waals surface area contributed by atoms with Crippen LogP contribution in [-0.2, 0) is 9.53 Å². The van der Waals surface area contributed by atoms with Crippen LogP contribution < -0.4 is 0 Å². The largest absolute Gasteiger partial charge is 0.468 e. The zero-order valence-electron chi connectivity index (χ0n) is 9.32. The van der Waals surface area contributed by atoms with E-state index in [9.17, 15) is 4.79 Å². The normalized spacial score (nSPS) is 11.9. The molecule has 1 unspecified atom stereocenters. The van der Waals surface area contributed by atoms with Crippen LogP contribution in [0.1, 0.15) is 6.42 Å². The van der Waals surface area contributed by atoms with Crippen molar-refractivity contribution < 1.29 is 9.53 Å². The summed E-state index contributed by atoms with van der Waals surface area (Å²) in [5.41, 5.74) is 0. The lowest BCUT2D eigenvalue weighted by Crippen LogP contribution is -2.41. The fourth-order valence-electron chi connectivity index (χ4n) is 1.35. The Morgan fingerprint density at radius 3 is 2.13 bits per heavy atom. The van der Waals surface area contributed by atoms with Gasteiger partial charge in [0.05, 0.1) is 7.11 Å². The topological polar surface area (TPSA) is 29.5 Å². The van der Waals surface area contributed by atoms with Gasteiger partial charge >= 0.3 is 5.97 Å². The van der Waals surface area contributed by atoms with Crippen LogP contribution in [0.4, 0.5) is 0 Å². The van der Waals surface area contributed by atoms with Crippen molar-refractivity contribution in [1.29, 1.82) is 0 Å². The van der Waals surface area contributed by atoms with Crippen LogP contribution in [0.2, 0.25) is 0 Å². The summed E-state index contributed by atoms with van der Waals surface area (Å²) in [4.78, 5) is 13.5. The van der Waals surface area contributed by atoms with E-state index in [0.717, 1.165) is 0 Å². The number of ether oxygens (including phenoxy) is 1. The van der Waals surface area contributed by atoms with Gasteiger partial charge in [0.1, 0.15) is 6.04 Å². The second kappa shape index (κ2) is 8.00. The van der Waals surface area contributed by atoms with E-state index in [4.69, 9.17) is 4.74 Å². The summed E-state index contributed by atoms with van der Waals surface area (Å²) >= 11 is 0. The Balaban J connectivity index is 4.62. The van der Waals surface area contributed by atoms with E-state index >= 15 is 0 Å². The van der Waals surface area contributed by atoms with Crippen LogP contribution in [0.5, 0.6) is 0 Å². The van der Waals surface area contributed by atoms with E-state index in [-0.39, 0.29) is 12.0 Å². The van der Waals surface area contributed by atoms with E-state index in [2.05, 4.69) is 19.7 Å². The molecule has 15 heavy (non-hydrogen) atoms. The average molecular weight is 209 g/mol. The van der Waals surface area contributed by atoms with Crippen LogP contribution in [0.15, 0.2) is 38.0 Å². The molecular formula is C12H19NO2. The molecule has 0 fully saturated rings. The Kier molecular flexibility index (Phi) is 7.28. The zero-order valence-corrected chi connectivity index (χ0v) is 9.32. The van der Waals surface area contributed by atoms with Crippen LogP contribution >= 0.6 is 0 Å². The van der Waals surface area contributed by atoms with Crippen molar-refractivity contribution in [2.75, 3.05) is 20.2 Å². The number of esters is 1. The molecule has 0 aliphatic carbocycles. The smallest absolute Gasteiger partial charge is 0.323 e. The average Bonchev–Trinajstić information content (AvgIpc) is 2.25. The molecule has 0 aromatic rings. The lowest BCUT2D eigenvalue weighted by molar-refractivity contribution is -0.146. The molecule has 1 atom stereocenters. The van der Waals surface area contributed by atoms with Crippen molar-refractivity contribution in [3.05, 3.63) is 38.0 Å². The second-order valence-corrected chi connectivity index (χ2v) is 3.09. The van der Waals surface area contributed by atoms with Gasteiger partial charge in [-0.05, 0) is 6.42 Å². The highest BCUT2D eigenvalue weighted by Crippen LogP contribution is 2.07. The summed E-state index contributed by atoms with van der Waals surface area (Å²) in [5.74, 6) is -0.251. The maximum absolute atomic E-state index is 11.5. The molecule has 0 aliphatic heterocycles. The van der Waals surface area contributed by atoms with Gasteiger partial charge in [-0.1, -0.05) is 18.2 Å². The standard InChI is InChI=1S/C12H19NO2/c1-5-8-11(12(14)15-4)13(9-6-2)10-7-3/h5-7,11H,1-3,8-10H2,4H3. The number of hydrogen-bond acceptors (Lipinski definition) is 3. The van der Waals surface area contributed by atoms with Crippen molar-refractivity contribution in [1.82, 2.24) is 4.90 Å². The van der Waals surface area contributed by atoms with Crippen LogP contribution in [-0.4, -0.2) is 37.1 Å². The number of nitrogens with zero attached hydrogens (tertiary/aromatic N) is 1. The molecular weight excluding hydrogens is 190 g/mol. The summed E-state index contributed by atoms with van der Waals surface area (Å²) in [6.07, 6.45) is 5.78. The third kappa shape index (κ3) is 4.61. The number of hydrogen-bond donors (Lipinski definition) is 0. The number of methoxy groups -OCH3 is 1. The fourth-order valence-corrected chi connectivity index (χ4v) is 1.35. The highest BCUT2D eigenvalue weighted by Gasteiger charge is 2.23. The molecule has 0 N–H and O–H groups in total. The highest BCUT2D eigenvalue weighted by atomic mass is 16.5. The lowest BCUT2D eigenvalue weighted by Gasteiger charge is -2.26. The molecule has 0 bridgehead atoms. The lowest BCUT2D eigenvalue weighted by atomic mass is 10.1. The molecule has 0 saturated carbocycles. The molecule has 0 aromatic carbocycles. The first-order valence-electron chi connectivity index (χ1n) is 4.85. The van der Waals surface area contributed by atoms with Crippen molar-refractivity contribution in [3.63, 3.8) is 0 Å². The molecule has 3 nitrogen and oxygen atoms in total. The van der Waals surface area contributed by atoms with Crippen molar-refractivity contribution in [3.8, 4) is 0 Å². The van der Waals surface area contributed by atoms with Gasteiger partial charge < -0.3 is 4.74 Å². The van der Waals surface area contributed by atoms with Crippen LogP contribution in [0, 0.1) is 0 Å². The van der Waals surface area contributed by atoms with Crippen molar-refractivity contribution >= 4 is 5.97 Å². The second-order valence-electron chi connectivity index (χ2n) is 3.09. The van der Waals surface area contributed by atoms with Gasteiger partial charge in [0.25, 0.3) is 0 Å². The molecule has 0 aliphatic rings. The minimum absolute atomic E-state index is 0.251. The SMILES string of the molecule is C=CCC(C(=O)OC)N(CC=C)CC=C. The van der Waals surface area contributed by atoms with Gasteiger partial charge in [0.15, 0.2) is 0 Å². The Morgan fingerprint density at radius 1 is 1.27 bits per heavy atom. The van der Waals surface area contributed by atoms with Gasteiger partial charge in [0, 0.05) is 13.1 Å². The molecule has 0 radical (unpaired) electrons. The third-order valence-electron chi connectivity index (χ3n) is 2.03. The molecule has 0 rings (SSSR count). The Bertz CT molecular complexity index is 226. The van der Waals surface area contributed by atoms with Gasteiger partial charge in [-0.2, -0.15) is 0 Å². The number of carbonyl (C=O) groups is 1. The molecule has 0 spiro atoms. The maximum Gasteiger partial charge on any atom is 0.323 e. The Labute approximate surface area is 91.7 Å². The van der Waals surface area contributed by atoms with E-state index in [1.165, 1.54) is 7.11 Å². The molecule has 0 saturated heterocycles. The van der Waals surface area contributed by atoms with Gasteiger partial charge in [-0.25, -0.2) is 0 Å². The van der Waals surface area contributed by atoms with Gasteiger partial charge in [-0.15, -0.1) is 19.7 Å². The fraction of sp³-hybridized carbons (Fsp3) is 0.417. The van der Waals surface area contributed by atoms with E-state index in [0.29, 0.717) is 19.5 Å². The van der Waals surface area contributed by atoms with E-state index in [1.54, 1.807) is 18.2 Å². The number of rotatable bonds is 8. The first kappa shape index (κ1) is 13.7.